The molecule has 0 bridgehead atoms. The van der Waals surface area contributed by atoms with Crippen molar-refractivity contribution in [3.05, 3.63) is 16.1 Å². The first-order chi connectivity index (χ1) is 9.16. The van der Waals surface area contributed by atoms with Gasteiger partial charge in [-0.3, -0.25) is 0 Å². The van der Waals surface area contributed by atoms with Gasteiger partial charge in [-0.1, -0.05) is 0 Å². The van der Waals surface area contributed by atoms with E-state index in [1.165, 1.54) is 0 Å². The van der Waals surface area contributed by atoms with E-state index in [9.17, 15) is 0 Å². The van der Waals surface area contributed by atoms with Crippen LogP contribution in [0.1, 0.15) is 52.2 Å². The van der Waals surface area contributed by atoms with Crippen molar-refractivity contribution < 1.29 is 9.47 Å². The molecule has 0 spiro atoms. The van der Waals surface area contributed by atoms with Crippen molar-refractivity contribution >= 4 is 11.3 Å². The van der Waals surface area contributed by atoms with E-state index in [2.05, 4.69) is 36.5 Å². The van der Waals surface area contributed by atoms with Gasteiger partial charge in [0.15, 0.2) is 0 Å². The molecule has 0 unspecified atom stereocenters. The molecule has 5 heteroatoms. The molecule has 1 aromatic rings. The summed E-state index contributed by atoms with van der Waals surface area (Å²) < 4.78 is 11.2. The molecule has 0 fully saturated rings. The Morgan fingerprint density at radius 2 is 1.85 bits per heavy atom. The number of thiazole rings is 1. The van der Waals surface area contributed by atoms with Gasteiger partial charge in [0, 0.05) is 17.5 Å². The lowest BCUT2D eigenvalue weighted by Gasteiger charge is -2.19. The van der Waals surface area contributed by atoms with Gasteiger partial charge in [0.05, 0.1) is 31.1 Å². The number of nitrogens with one attached hydrogen (secondary N) is 1. The molecule has 0 aliphatic heterocycles. The summed E-state index contributed by atoms with van der Waals surface area (Å²) in [5, 5.41) is 6.59. The molecular weight excluding hydrogens is 272 g/mol. The van der Waals surface area contributed by atoms with Crippen LogP contribution in [-0.2, 0) is 22.6 Å². The number of rotatable bonds is 7. The van der Waals surface area contributed by atoms with Crippen LogP contribution in [0.25, 0.3) is 0 Å². The van der Waals surface area contributed by atoms with Gasteiger partial charge in [0.1, 0.15) is 5.01 Å². The second-order valence-corrected chi connectivity index (χ2v) is 7.79. The van der Waals surface area contributed by atoms with E-state index >= 15 is 0 Å². The molecule has 1 heterocycles. The Balaban J connectivity index is 2.20. The van der Waals surface area contributed by atoms with Crippen LogP contribution in [0, 0.1) is 0 Å². The minimum Gasteiger partial charge on any atom is -0.373 e. The minimum atomic E-state index is -0.101. The molecule has 0 aromatic carbocycles. The first kappa shape index (κ1) is 17.6. The fourth-order valence-electron chi connectivity index (χ4n) is 1.42. The molecular formula is C15H28N2O2S. The Kier molecular flexibility index (Phi) is 6.58. The van der Waals surface area contributed by atoms with Gasteiger partial charge in [0.25, 0.3) is 0 Å². The van der Waals surface area contributed by atoms with Crippen molar-refractivity contribution in [2.24, 2.45) is 0 Å². The van der Waals surface area contributed by atoms with Crippen LogP contribution in [0.3, 0.4) is 0 Å². The lowest BCUT2D eigenvalue weighted by molar-refractivity contribution is -0.0380. The maximum Gasteiger partial charge on any atom is 0.107 e. The number of hydrogen-bond donors (Lipinski definition) is 1. The molecule has 1 aromatic heterocycles. The van der Waals surface area contributed by atoms with Gasteiger partial charge in [-0.05, 0) is 41.5 Å². The topological polar surface area (TPSA) is 43.4 Å². The number of hydrogen-bond acceptors (Lipinski definition) is 5. The highest BCUT2D eigenvalue weighted by Gasteiger charge is 2.11. The SMILES string of the molecule is CC(C)(C)NCc1nc(COCCOC(C)(C)C)cs1. The fourth-order valence-corrected chi connectivity index (χ4v) is 2.14. The van der Waals surface area contributed by atoms with Crippen LogP contribution in [0.5, 0.6) is 0 Å². The zero-order valence-corrected chi connectivity index (χ0v) is 14.4. The average molecular weight is 300 g/mol. The first-order valence-corrected chi connectivity index (χ1v) is 7.94. The van der Waals surface area contributed by atoms with Crippen molar-refractivity contribution in [2.75, 3.05) is 13.2 Å². The highest BCUT2D eigenvalue weighted by molar-refractivity contribution is 7.09. The third kappa shape index (κ3) is 8.64. The van der Waals surface area contributed by atoms with Crippen LogP contribution < -0.4 is 5.32 Å². The fraction of sp³-hybridized carbons (Fsp3) is 0.800. The Morgan fingerprint density at radius 3 is 2.45 bits per heavy atom. The summed E-state index contributed by atoms with van der Waals surface area (Å²) in [5.41, 5.74) is 1.01. The molecule has 1 rings (SSSR count). The lowest BCUT2D eigenvalue weighted by atomic mass is 10.1. The maximum atomic E-state index is 5.60. The molecule has 0 saturated carbocycles. The molecule has 20 heavy (non-hydrogen) atoms. The normalized spacial score (nSPS) is 12.9. The predicted octanol–water partition coefficient (Wildman–Crippen LogP) is 3.36. The summed E-state index contributed by atoms with van der Waals surface area (Å²) >= 11 is 1.67. The van der Waals surface area contributed by atoms with Gasteiger partial charge >= 0.3 is 0 Å². The van der Waals surface area contributed by atoms with Gasteiger partial charge in [0.2, 0.25) is 0 Å². The van der Waals surface area contributed by atoms with Crippen LogP contribution in [0.4, 0.5) is 0 Å². The molecule has 0 aliphatic rings. The van der Waals surface area contributed by atoms with E-state index < -0.39 is 0 Å². The van der Waals surface area contributed by atoms with Gasteiger partial charge in [-0.25, -0.2) is 4.98 Å². The second kappa shape index (κ2) is 7.50. The van der Waals surface area contributed by atoms with Crippen LogP contribution >= 0.6 is 11.3 Å². The summed E-state index contributed by atoms with van der Waals surface area (Å²) in [6, 6.07) is 0. The van der Waals surface area contributed by atoms with Crippen LogP contribution in [0.15, 0.2) is 5.38 Å². The summed E-state index contributed by atoms with van der Waals surface area (Å²) in [6.07, 6.45) is 0. The van der Waals surface area contributed by atoms with Crippen molar-refractivity contribution in [1.29, 1.82) is 0 Å². The zero-order valence-electron chi connectivity index (χ0n) is 13.6. The van der Waals surface area contributed by atoms with Gasteiger partial charge in [-0.15, -0.1) is 11.3 Å². The highest BCUT2D eigenvalue weighted by Crippen LogP contribution is 2.12. The molecule has 116 valence electrons. The van der Waals surface area contributed by atoms with Crippen molar-refractivity contribution in [1.82, 2.24) is 10.3 Å². The van der Waals surface area contributed by atoms with Crippen LogP contribution in [0.2, 0.25) is 0 Å². The smallest absolute Gasteiger partial charge is 0.107 e. The zero-order chi connectivity index (χ0) is 15.2. The third-order valence-corrected chi connectivity index (χ3v) is 3.28. The van der Waals surface area contributed by atoms with Crippen molar-refractivity contribution in [3.63, 3.8) is 0 Å². The van der Waals surface area contributed by atoms with E-state index in [-0.39, 0.29) is 11.1 Å². The Morgan fingerprint density at radius 1 is 1.15 bits per heavy atom. The summed E-state index contributed by atoms with van der Waals surface area (Å²) in [7, 11) is 0. The van der Waals surface area contributed by atoms with E-state index in [0.717, 1.165) is 17.2 Å². The summed E-state index contributed by atoms with van der Waals surface area (Å²) in [6.45, 7) is 15.2. The minimum absolute atomic E-state index is 0.101. The molecule has 0 radical (unpaired) electrons. The first-order valence-electron chi connectivity index (χ1n) is 7.06. The van der Waals surface area contributed by atoms with Gasteiger partial charge < -0.3 is 14.8 Å². The standard InChI is InChI=1S/C15H28N2O2S/c1-14(2,3)16-9-13-17-12(11-20-13)10-18-7-8-19-15(4,5)6/h11,16H,7-10H2,1-6H3. The largest absolute Gasteiger partial charge is 0.373 e. The Hall–Kier alpha value is -0.490. The molecule has 0 atom stereocenters. The number of aromatic nitrogens is 1. The average Bonchev–Trinajstić information content (AvgIpc) is 2.71. The van der Waals surface area contributed by atoms with Crippen molar-refractivity contribution in [2.45, 2.75) is 65.8 Å². The number of nitrogens with zero attached hydrogens (tertiary/aromatic N) is 1. The van der Waals surface area contributed by atoms with E-state index in [0.29, 0.717) is 19.8 Å². The lowest BCUT2D eigenvalue weighted by Crippen LogP contribution is -2.35. The molecule has 0 saturated heterocycles. The number of ether oxygens (including phenoxy) is 2. The second-order valence-electron chi connectivity index (χ2n) is 6.85. The molecule has 0 aliphatic carbocycles. The quantitative estimate of drug-likeness (QED) is 0.784. The maximum absolute atomic E-state index is 5.60. The Labute approximate surface area is 126 Å². The summed E-state index contributed by atoms with van der Waals surface area (Å²) in [4.78, 5) is 4.55. The summed E-state index contributed by atoms with van der Waals surface area (Å²) in [5.74, 6) is 0. The monoisotopic (exact) mass is 300 g/mol. The molecule has 0 amide bonds. The van der Waals surface area contributed by atoms with Crippen LogP contribution in [-0.4, -0.2) is 29.3 Å². The van der Waals surface area contributed by atoms with Gasteiger partial charge in [-0.2, -0.15) is 0 Å². The van der Waals surface area contributed by atoms with Crippen molar-refractivity contribution in [3.8, 4) is 0 Å². The van der Waals surface area contributed by atoms with E-state index in [1.54, 1.807) is 11.3 Å². The Bertz CT molecular complexity index is 391. The van der Waals surface area contributed by atoms with E-state index in [4.69, 9.17) is 9.47 Å². The van der Waals surface area contributed by atoms with E-state index in [1.807, 2.05) is 20.8 Å². The predicted molar refractivity (Wildman–Crippen MR) is 84.1 cm³/mol. The third-order valence-electron chi connectivity index (χ3n) is 2.38. The molecule has 1 N–H and O–H groups in total. The highest BCUT2D eigenvalue weighted by atomic mass is 32.1. The molecule has 4 nitrogen and oxygen atoms in total.